The number of non-ortho nitro benzene ring substituents is 1. The van der Waals surface area contributed by atoms with E-state index in [1.807, 2.05) is 0 Å². The van der Waals surface area contributed by atoms with E-state index >= 15 is 0 Å². The average molecular weight is 400 g/mol. The van der Waals surface area contributed by atoms with Crippen LogP contribution in [0.15, 0.2) is 66.0 Å². The molecule has 122 valence electrons. The van der Waals surface area contributed by atoms with Crippen molar-refractivity contribution < 1.29 is 4.92 Å². The first-order chi connectivity index (χ1) is 12.2. The first-order valence-corrected chi connectivity index (χ1v) is 10.4. The highest BCUT2D eigenvalue weighted by Gasteiger charge is 2.17. The summed E-state index contributed by atoms with van der Waals surface area (Å²) < 4.78 is 2.60. The molecule has 0 saturated carbocycles. The average Bonchev–Trinajstić information content (AvgIpc) is 3.29. The molecule has 0 unspecified atom stereocenters. The Morgan fingerprint density at radius 3 is 2.28 bits per heavy atom. The Hall–Kier alpha value is -1.90. The quantitative estimate of drug-likeness (QED) is 0.332. The standard InChI is InChI=1S/C18H9NO2S4/c20-19(21)15-9-7-14(8-10-15)5-3-1-2-4-6-16-13-24-18(25-16)17-22-11-12-23-17/h1-2,7-13H/b2-1+. The van der Waals surface area contributed by atoms with Gasteiger partial charge in [-0.1, -0.05) is 70.7 Å². The Morgan fingerprint density at radius 2 is 1.60 bits per heavy atom. The predicted molar refractivity (Wildman–Crippen MR) is 112 cm³/mol. The number of hydrogen-bond acceptors (Lipinski definition) is 6. The van der Waals surface area contributed by atoms with Gasteiger partial charge in [-0.05, 0) is 40.5 Å². The van der Waals surface area contributed by atoms with Crippen molar-refractivity contribution in [2.75, 3.05) is 0 Å². The molecule has 0 fully saturated rings. The van der Waals surface area contributed by atoms with Crippen LogP contribution in [0, 0.1) is 33.8 Å². The molecule has 3 nitrogen and oxygen atoms in total. The molecule has 1 aromatic rings. The molecule has 7 heteroatoms. The fraction of sp³-hybridized carbons (Fsp3) is 0. The first kappa shape index (κ1) is 17.9. The van der Waals surface area contributed by atoms with Gasteiger partial charge in [0.05, 0.1) is 18.3 Å². The predicted octanol–water partition coefficient (Wildman–Crippen LogP) is 5.91. The molecule has 0 aromatic heterocycles. The normalized spacial score (nSPS) is 15.6. The van der Waals surface area contributed by atoms with Crippen LogP contribution in [0.2, 0.25) is 0 Å². The van der Waals surface area contributed by atoms with Crippen LogP contribution in [0.5, 0.6) is 0 Å². The third kappa shape index (κ3) is 5.29. The SMILES string of the molecule is O=[N+]([O-])c1ccc(C#C/C=C/C#CC2=CSC(=C3SC=CS3)S2)cc1. The summed E-state index contributed by atoms with van der Waals surface area (Å²) >= 11 is 6.90. The van der Waals surface area contributed by atoms with Gasteiger partial charge in [0.15, 0.2) is 0 Å². The Morgan fingerprint density at radius 1 is 0.920 bits per heavy atom. The Bertz CT molecular complexity index is 925. The molecule has 25 heavy (non-hydrogen) atoms. The Balaban J connectivity index is 1.52. The summed E-state index contributed by atoms with van der Waals surface area (Å²) in [6, 6.07) is 6.14. The smallest absolute Gasteiger partial charge is 0.258 e. The summed E-state index contributed by atoms with van der Waals surface area (Å²) in [6.07, 6.45) is 3.38. The number of nitro groups is 1. The molecule has 0 N–H and O–H groups in total. The molecule has 0 saturated heterocycles. The molecule has 0 atom stereocenters. The van der Waals surface area contributed by atoms with E-state index in [0.29, 0.717) is 0 Å². The maximum Gasteiger partial charge on any atom is 0.269 e. The van der Waals surface area contributed by atoms with Crippen LogP contribution in [0.25, 0.3) is 0 Å². The van der Waals surface area contributed by atoms with E-state index in [-0.39, 0.29) is 5.69 Å². The number of hydrogen-bond donors (Lipinski definition) is 0. The van der Waals surface area contributed by atoms with E-state index in [1.165, 1.54) is 20.6 Å². The molecule has 2 aliphatic rings. The lowest BCUT2D eigenvalue weighted by atomic mass is 10.2. The lowest BCUT2D eigenvalue weighted by molar-refractivity contribution is -0.384. The molecular weight excluding hydrogens is 390 g/mol. The van der Waals surface area contributed by atoms with Gasteiger partial charge >= 0.3 is 0 Å². The van der Waals surface area contributed by atoms with Gasteiger partial charge in [0.2, 0.25) is 0 Å². The van der Waals surface area contributed by atoms with Crippen molar-refractivity contribution in [1.82, 2.24) is 0 Å². The molecule has 0 aliphatic carbocycles. The first-order valence-electron chi connectivity index (χ1n) is 6.92. The second kappa shape index (κ2) is 8.98. The van der Waals surface area contributed by atoms with Crippen LogP contribution < -0.4 is 0 Å². The van der Waals surface area contributed by atoms with Crippen molar-refractivity contribution in [3.63, 3.8) is 0 Å². The van der Waals surface area contributed by atoms with Gasteiger partial charge < -0.3 is 0 Å². The van der Waals surface area contributed by atoms with Crippen LogP contribution in [-0.4, -0.2) is 4.92 Å². The zero-order valence-electron chi connectivity index (χ0n) is 12.6. The molecular formula is C18H9NO2S4. The third-order valence-corrected chi connectivity index (χ3v) is 7.72. The minimum Gasteiger partial charge on any atom is -0.258 e. The fourth-order valence-corrected chi connectivity index (χ4v) is 5.95. The summed E-state index contributed by atoms with van der Waals surface area (Å²) in [7, 11) is 0. The van der Waals surface area contributed by atoms with Gasteiger partial charge in [-0.25, -0.2) is 0 Å². The Kier molecular flexibility index (Phi) is 6.43. The maximum atomic E-state index is 10.6. The summed E-state index contributed by atoms with van der Waals surface area (Å²) in [6.45, 7) is 0. The van der Waals surface area contributed by atoms with Gasteiger partial charge in [-0.2, -0.15) is 0 Å². The molecule has 3 rings (SSSR count). The zero-order valence-corrected chi connectivity index (χ0v) is 15.9. The zero-order chi connectivity index (χ0) is 17.5. The van der Waals surface area contributed by atoms with Crippen LogP contribution >= 0.6 is 47.0 Å². The highest BCUT2D eigenvalue weighted by Crippen LogP contribution is 2.52. The van der Waals surface area contributed by atoms with E-state index in [1.54, 1.807) is 71.3 Å². The molecule has 0 spiro atoms. The summed E-state index contributed by atoms with van der Waals surface area (Å²) in [5.41, 5.74) is 0.789. The topological polar surface area (TPSA) is 43.1 Å². The van der Waals surface area contributed by atoms with Crippen LogP contribution in [0.1, 0.15) is 5.56 Å². The summed E-state index contributed by atoms with van der Waals surface area (Å²) in [5, 5.41) is 16.8. The molecule has 0 radical (unpaired) electrons. The minimum absolute atomic E-state index is 0.0617. The number of nitrogens with zero attached hydrogens (tertiary/aromatic N) is 1. The van der Waals surface area contributed by atoms with Crippen molar-refractivity contribution in [3.8, 4) is 23.7 Å². The van der Waals surface area contributed by atoms with E-state index in [0.717, 1.165) is 10.5 Å². The molecule has 2 aliphatic heterocycles. The third-order valence-electron chi connectivity index (χ3n) is 2.79. The summed E-state index contributed by atoms with van der Waals surface area (Å²) in [5.74, 6) is 11.9. The van der Waals surface area contributed by atoms with Crippen LogP contribution in [-0.2, 0) is 0 Å². The van der Waals surface area contributed by atoms with Gasteiger partial charge in [-0.3, -0.25) is 10.1 Å². The lowest BCUT2D eigenvalue weighted by Gasteiger charge is -1.98. The second-order valence-electron chi connectivity index (χ2n) is 4.46. The van der Waals surface area contributed by atoms with Gasteiger partial charge in [0, 0.05) is 17.7 Å². The molecule has 2 heterocycles. The number of allylic oxidation sites excluding steroid dienone is 3. The van der Waals surface area contributed by atoms with E-state index in [2.05, 4.69) is 39.9 Å². The second-order valence-corrected chi connectivity index (χ2v) is 8.74. The number of benzene rings is 1. The summed E-state index contributed by atoms with van der Waals surface area (Å²) in [4.78, 5) is 11.2. The van der Waals surface area contributed by atoms with E-state index in [9.17, 15) is 10.1 Å². The van der Waals surface area contributed by atoms with Crippen molar-refractivity contribution in [3.05, 3.63) is 81.7 Å². The van der Waals surface area contributed by atoms with Crippen molar-refractivity contribution in [2.24, 2.45) is 0 Å². The Labute approximate surface area is 162 Å². The lowest BCUT2D eigenvalue weighted by Crippen LogP contribution is -1.86. The molecule has 0 bridgehead atoms. The largest absolute Gasteiger partial charge is 0.269 e. The molecule has 1 aromatic carbocycles. The fourth-order valence-electron chi connectivity index (χ4n) is 1.69. The van der Waals surface area contributed by atoms with Crippen molar-refractivity contribution >= 4 is 52.7 Å². The van der Waals surface area contributed by atoms with Crippen molar-refractivity contribution in [1.29, 1.82) is 0 Å². The highest BCUT2D eigenvalue weighted by atomic mass is 32.2. The maximum absolute atomic E-state index is 10.6. The highest BCUT2D eigenvalue weighted by molar-refractivity contribution is 8.33. The monoisotopic (exact) mass is 399 g/mol. The van der Waals surface area contributed by atoms with E-state index < -0.39 is 4.92 Å². The van der Waals surface area contributed by atoms with Crippen molar-refractivity contribution in [2.45, 2.75) is 0 Å². The number of rotatable bonds is 1. The minimum atomic E-state index is -0.428. The molecule has 0 amide bonds. The number of nitro benzene ring substituents is 1. The van der Waals surface area contributed by atoms with Gasteiger partial charge in [0.1, 0.15) is 0 Å². The van der Waals surface area contributed by atoms with Gasteiger partial charge in [0.25, 0.3) is 5.69 Å². The van der Waals surface area contributed by atoms with Gasteiger partial charge in [-0.15, -0.1) is 0 Å². The number of thioether (sulfide) groups is 4. The van der Waals surface area contributed by atoms with E-state index in [4.69, 9.17) is 0 Å². The van der Waals surface area contributed by atoms with Crippen LogP contribution in [0.4, 0.5) is 5.69 Å². The van der Waals surface area contributed by atoms with Crippen LogP contribution in [0.3, 0.4) is 0 Å².